The van der Waals surface area contributed by atoms with Crippen LogP contribution < -0.4 is 10.7 Å². The molecule has 2 aromatic heterocycles. The van der Waals surface area contributed by atoms with Crippen LogP contribution in [0.3, 0.4) is 0 Å². The van der Waals surface area contributed by atoms with Gasteiger partial charge in [0.25, 0.3) is 5.91 Å². The van der Waals surface area contributed by atoms with Crippen LogP contribution in [0.4, 0.5) is 5.69 Å². The van der Waals surface area contributed by atoms with Gasteiger partial charge in [-0.05, 0) is 42.5 Å². The van der Waals surface area contributed by atoms with Gasteiger partial charge >= 0.3 is 0 Å². The maximum absolute atomic E-state index is 12.7. The van der Waals surface area contributed by atoms with Crippen LogP contribution in [0, 0.1) is 0 Å². The van der Waals surface area contributed by atoms with Gasteiger partial charge < -0.3 is 14.2 Å². The first kappa shape index (κ1) is 16.9. The molecule has 0 bridgehead atoms. The summed E-state index contributed by atoms with van der Waals surface area (Å²) >= 11 is 0. The van der Waals surface area contributed by atoms with E-state index in [-0.39, 0.29) is 11.0 Å². The standard InChI is InChI=1S/C23H14N2O4/c26-21-16-8-1-3-10-19(16)28-13-17(21)22(27)24-15-7-5-6-14(12-15)23-25-18-9-2-4-11-20(18)29-23/h1-13H,(H,24,27). The van der Waals surface area contributed by atoms with Crippen LogP contribution in [-0.4, -0.2) is 10.9 Å². The smallest absolute Gasteiger partial charge is 0.262 e. The van der Waals surface area contributed by atoms with Gasteiger partial charge in [0.05, 0.1) is 5.39 Å². The molecular formula is C23H14N2O4. The second-order valence-electron chi connectivity index (χ2n) is 6.50. The SMILES string of the molecule is O=C(Nc1cccc(-c2nc3ccccc3o2)c1)c1coc2ccccc2c1=O. The number of carbonyl (C=O) groups excluding carboxylic acids is 1. The van der Waals surface area contributed by atoms with Crippen LogP contribution in [0.1, 0.15) is 10.4 Å². The number of nitrogens with zero attached hydrogens (tertiary/aromatic N) is 1. The topological polar surface area (TPSA) is 85.3 Å². The molecule has 0 atom stereocenters. The highest BCUT2D eigenvalue weighted by atomic mass is 16.3. The zero-order chi connectivity index (χ0) is 19.8. The summed E-state index contributed by atoms with van der Waals surface area (Å²) in [7, 11) is 0. The Morgan fingerprint density at radius 3 is 2.55 bits per heavy atom. The maximum Gasteiger partial charge on any atom is 0.262 e. The lowest BCUT2D eigenvalue weighted by atomic mass is 10.1. The molecule has 3 aromatic carbocycles. The number of aromatic nitrogens is 1. The molecule has 0 aliphatic heterocycles. The van der Waals surface area contributed by atoms with Crippen LogP contribution in [0.5, 0.6) is 0 Å². The van der Waals surface area contributed by atoms with Crippen molar-refractivity contribution in [3.63, 3.8) is 0 Å². The molecule has 0 unspecified atom stereocenters. The molecule has 0 fully saturated rings. The molecule has 0 saturated carbocycles. The number of nitrogens with one attached hydrogen (secondary N) is 1. The van der Waals surface area contributed by atoms with Crippen molar-refractivity contribution in [3.8, 4) is 11.5 Å². The van der Waals surface area contributed by atoms with Crippen LogP contribution >= 0.6 is 0 Å². The largest absolute Gasteiger partial charge is 0.463 e. The molecule has 1 N–H and O–H groups in total. The Kier molecular flexibility index (Phi) is 3.95. The van der Waals surface area contributed by atoms with Crippen molar-refractivity contribution in [1.82, 2.24) is 4.98 Å². The summed E-state index contributed by atoms with van der Waals surface area (Å²) in [5, 5.41) is 3.10. The summed E-state index contributed by atoms with van der Waals surface area (Å²) in [6.07, 6.45) is 1.19. The third-order valence-electron chi connectivity index (χ3n) is 4.59. The van der Waals surface area contributed by atoms with E-state index in [0.717, 1.165) is 5.52 Å². The second-order valence-corrected chi connectivity index (χ2v) is 6.50. The van der Waals surface area contributed by atoms with E-state index in [2.05, 4.69) is 10.3 Å². The fourth-order valence-electron chi connectivity index (χ4n) is 3.16. The van der Waals surface area contributed by atoms with Crippen molar-refractivity contribution in [3.05, 3.63) is 94.8 Å². The Bertz CT molecular complexity index is 1400. The molecule has 1 amide bonds. The van der Waals surface area contributed by atoms with Crippen molar-refractivity contribution in [2.45, 2.75) is 0 Å². The van der Waals surface area contributed by atoms with Crippen molar-refractivity contribution < 1.29 is 13.6 Å². The summed E-state index contributed by atoms with van der Waals surface area (Å²) in [5.41, 5.74) is 2.67. The van der Waals surface area contributed by atoms with Crippen molar-refractivity contribution in [2.75, 3.05) is 5.32 Å². The van der Waals surface area contributed by atoms with Crippen molar-refractivity contribution in [1.29, 1.82) is 0 Å². The fourth-order valence-corrected chi connectivity index (χ4v) is 3.16. The molecule has 0 spiro atoms. The molecule has 0 aliphatic carbocycles. The van der Waals surface area contributed by atoms with Crippen molar-refractivity contribution >= 4 is 33.7 Å². The third kappa shape index (κ3) is 3.06. The highest BCUT2D eigenvalue weighted by Gasteiger charge is 2.15. The number of benzene rings is 3. The molecule has 2 heterocycles. The lowest BCUT2D eigenvalue weighted by molar-refractivity contribution is 0.102. The molecule has 6 heteroatoms. The minimum atomic E-state index is -0.542. The number of fused-ring (bicyclic) bond motifs is 2. The normalized spacial score (nSPS) is 11.0. The van der Waals surface area contributed by atoms with Crippen LogP contribution in [-0.2, 0) is 0 Å². The number of amides is 1. The molecule has 29 heavy (non-hydrogen) atoms. The first-order valence-electron chi connectivity index (χ1n) is 8.97. The van der Waals surface area contributed by atoms with E-state index in [0.29, 0.717) is 33.7 Å². The van der Waals surface area contributed by atoms with E-state index in [1.807, 2.05) is 30.3 Å². The Balaban J connectivity index is 1.46. The van der Waals surface area contributed by atoms with Crippen LogP contribution in [0.15, 0.2) is 92.7 Å². The molecular weight excluding hydrogens is 368 g/mol. The van der Waals surface area contributed by atoms with E-state index in [1.54, 1.807) is 42.5 Å². The zero-order valence-corrected chi connectivity index (χ0v) is 15.1. The quantitative estimate of drug-likeness (QED) is 0.482. The van der Waals surface area contributed by atoms with Gasteiger partial charge in [-0.1, -0.05) is 30.3 Å². The number of hydrogen-bond donors (Lipinski definition) is 1. The predicted molar refractivity (Wildman–Crippen MR) is 110 cm³/mol. The Hall–Kier alpha value is -4.19. The Labute approximate surface area is 164 Å². The fraction of sp³-hybridized carbons (Fsp3) is 0. The van der Waals surface area contributed by atoms with E-state index >= 15 is 0 Å². The van der Waals surface area contributed by atoms with Crippen LogP contribution in [0.2, 0.25) is 0 Å². The first-order chi connectivity index (χ1) is 14.2. The van der Waals surface area contributed by atoms with E-state index in [9.17, 15) is 9.59 Å². The molecule has 6 nitrogen and oxygen atoms in total. The number of oxazole rings is 1. The number of anilines is 1. The molecule has 0 radical (unpaired) electrons. The Morgan fingerprint density at radius 2 is 1.69 bits per heavy atom. The molecule has 5 aromatic rings. The van der Waals surface area contributed by atoms with Gasteiger partial charge in [0.15, 0.2) is 5.58 Å². The van der Waals surface area contributed by atoms with Gasteiger partial charge in [0.2, 0.25) is 11.3 Å². The first-order valence-corrected chi connectivity index (χ1v) is 8.97. The van der Waals surface area contributed by atoms with E-state index in [1.165, 1.54) is 6.26 Å². The molecule has 0 aliphatic rings. The monoisotopic (exact) mass is 382 g/mol. The molecule has 140 valence electrons. The summed E-state index contributed by atoms with van der Waals surface area (Å²) in [6.45, 7) is 0. The van der Waals surface area contributed by atoms with Crippen molar-refractivity contribution in [2.24, 2.45) is 0 Å². The average molecular weight is 382 g/mol. The summed E-state index contributed by atoms with van der Waals surface area (Å²) in [5.74, 6) is -0.0910. The number of hydrogen-bond acceptors (Lipinski definition) is 5. The lowest BCUT2D eigenvalue weighted by Gasteiger charge is -2.06. The summed E-state index contributed by atoms with van der Waals surface area (Å²) in [6, 6.07) is 21.4. The number of carbonyl (C=O) groups is 1. The van der Waals surface area contributed by atoms with E-state index < -0.39 is 5.91 Å². The average Bonchev–Trinajstić information content (AvgIpc) is 3.19. The molecule has 5 rings (SSSR count). The number of para-hydroxylation sites is 3. The third-order valence-corrected chi connectivity index (χ3v) is 4.59. The molecule has 0 saturated heterocycles. The minimum absolute atomic E-state index is 0.0593. The summed E-state index contributed by atoms with van der Waals surface area (Å²) < 4.78 is 11.2. The maximum atomic E-state index is 12.7. The second kappa shape index (κ2) is 6.76. The predicted octanol–water partition coefficient (Wildman–Crippen LogP) is 4.85. The highest BCUT2D eigenvalue weighted by molar-refractivity contribution is 6.05. The highest BCUT2D eigenvalue weighted by Crippen LogP contribution is 2.26. The van der Waals surface area contributed by atoms with Gasteiger partial charge in [-0.2, -0.15) is 0 Å². The summed E-state index contributed by atoms with van der Waals surface area (Å²) in [4.78, 5) is 29.7. The van der Waals surface area contributed by atoms with E-state index in [4.69, 9.17) is 8.83 Å². The number of rotatable bonds is 3. The zero-order valence-electron chi connectivity index (χ0n) is 15.1. The van der Waals surface area contributed by atoms with Gasteiger partial charge in [-0.25, -0.2) is 4.98 Å². The Morgan fingerprint density at radius 1 is 0.897 bits per heavy atom. The minimum Gasteiger partial charge on any atom is -0.463 e. The van der Waals surface area contributed by atoms with Gasteiger partial charge in [-0.3, -0.25) is 9.59 Å². The van der Waals surface area contributed by atoms with Gasteiger partial charge in [0.1, 0.15) is 22.9 Å². The van der Waals surface area contributed by atoms with Gasteiger partial charge in [-0.15, -0.1) is 0 Å². The lowest BCUT2D eigenvalue weighted by Crippen LogP contribution is -2.21. The van der Waals surface area contributed by atoms with Crippen LogP contribution in [0.25, 0.3) is 33.5 Å². The van der Waals surface area contributed by atoms with Gasteiger partial charge in [0, 0.05) is 11.3 Å².